The summed E-state index contributed by atoms with van der Waals surface area (Å²) < 4.78 is 17.8. The second kappa shape index (κ2) is 12.6. The van der Waals surface area contributed by atoms with E-state index in [1.54, 1.807) is 20.8 Å². The quantitative estimate of drug-likeness (QED) is 0.221. The topological polar surface area (TPSA) is 231 Å². The molecule has 0 aliphatic carbocycles. The lowest BCUT2D eigenvalue weighted by Gasteiger charge is -2.49. The molecule has 2 aliphatic rings. The first kappa shape index (κ1) is 31.8. The number of nitro benzene ring substituents is 1. The van der Waals surface area contributed by atoms with Crippen LogP contribution in [0.3, 0.4) is 0 Å². The van der Waals surface area contributed by atoms with Gasteiger partial charge in [-0.15, -0.1) is 4.91 Å². The van der Waals surface area contributed by atoms with Gasteiger partial charge in [0.1, 0.15) is 41.7 Å². The van der Waals surface area contributed by atoms with Crippen LogP contribution in [0.1, 0.15) is 54.3 Å². The lowest BCUT2D eigenvalue weighted by atomic mass is 9.81. The highest BCUT2D eigenvalue weighted by Crippen LogP contribution is 2.41. The smallest absolute Gasteiger partial charge is 0.410 e. The molecule has 0 saturated carbocycles. The number of nitrogens with two attached hydrogens (primary N) is 2. The number of rotatable bonds is 4. The van der Waals surface area contributed by atoms with Gasteiger partial charge in [0.25, 0.3) is 5.69 Å². The average Bonchev–Trinajstić information content (AvgIpc) is 2.92. The second-order valence-electron chi connectivity index (χ2n) is 11.8. The van der Waals surface area contributed by atoms with Gasteiger partial charge in [0, 0.05) is 43.4 Å². The average molecular weight is 614 g/mol. The molecule has 16 nitrogen and oxygen atoms in total. The standard InChI is InChI=1S/C28H35N7O9/c1-27(2,3)44-26(38)34-12-28(13-34)14-42-20-10-16(24(29)36)8-18(33-39)22(20)31-6-4-5-7-32-23-19(35(40)41)9-17(25(30)37)11-21(23)43-15-28/h8-11,31-32H,4-7,12-15H2,1-3H3,(H2,29,36)(H2,30,37). The Bertz CT molecular complexity index is 1480. The maximum atomic E-state index is 12.8. The van der Waals surface area contributed by atoms with E-state index in [0.717, 1.165) is 6.07 Å². The normalized spacial score (nSPS) is 16.5. The monoisotopic (exact) mass is 613 g/mol. The largest absolute Gasteiger partial charge is 0.490 e. The van der Waals surface area contributed by atoms with Crippen LogP contribution in [0.15, 0.2) is 29.4 Å². The van der Waals surface area contributed by atoms with Gasteiger partial charge >= 0.3 is 6.09 Å². The highest BCUT2D eigenvalue weighted by molar-refractivity contribution is 5.96. The summed E-state index contributed by atoms with van der Waals surface area (Å²) in [4.78, 5) is 61.3. The van der Waals surface area contributed by atoms with Gasteiger partial charge in [0.15, 0.2) is 5.69 Å². The van der Waals surface area contributed by atoms with E-state index in [4.69, 9.17) is 25.7 Å². The highest BCUT2D eigenvalue weighted by Gasteiger charge is 2.48. The van der Waals surface area contributed by atoms with E-state index in [2.05, 4.69) is 15.8 Å². The molecule has 16 heteroatoms. The molecule has 0 aromatic heterocycles. The van der Waals surface area contributed by atoms with E-state index >= 15 is 0 Å². The molecule has 0 atom stereocenters. The minimum atomic E-state index is -0.888. The molecule has 236 valence electrons. The van der Waals surface area contributed by atoms with Crippen LogP contribution in [0.2, 0.25) is 0 Å². The van der Waals surface area contributed by atoms with Crippen LogP contribution in [0.4, 0.5) is 27.5 Å². The van der Waals surface area contributed by atoms with Crippen LogP contribution in [0, 0.1) is 20.4 Å². The Labute approximate surface area is 252 Å². The number of fused-ring (bicyclic) bond motifs is 2. The number of nitrogens with one attached hydrogen (secondary N) is 2. The maximum Gasteiger partial charge on any atom is 0.410 e. The number of carbonyl (C=O) groups is 3. The fourth-order valence-corrected chi connectivity index (χ4v) is 4.87. The Hall–Kier alpha value is -5.15. The number of nitrogens with zero attached hydrogens (tertiary/aromatic N) is 3. The van der Waals surface area contributed by atoms with Gasteiger partial charge in [-0.25, -0.2) is 4.79 Å². The molecular weight excluding hydrogens is 578 g/mol. The molecule has 2 aromatic rings. The molecular formula is C28H35N7O9. The number of carbonyl (C=O) groups excluding carboxylic acids is 3. The van der Waals surface area contributed by atoms with Crippen molar-refractivity contribution < 1.29 is 33.5 Å². The lowest BCUT2D eigenvalue weighted by Crippen LogP contribution is -2.64. The zero-order chi connectivity index (χ0) is 32.2. The molecule has 0 unspecified atom stereocenters. The van der Waals surface area contributed by atoms with Crippen molar-refractivity contribution in [2.75, 3.05) is 50.0 Å². The van der Waals surface area contributed by atoms with E-state index in [9.17, 15) is 29.4 Å². The molecule has 2 aromatic carbocycles. The van der Waals surface area contributed by atoms with Gasteiger partial charge in [0.2, 0.25) is 11.8 Å². The summed E-state index contributed by atoms with van der Waals surface area (Å²) >= 11 is 0. The SMILES string of the molecule is CC(C)(C)OC(=O)N1CC2(COc3cc(C(N)=O)cc(N=O)c3NCCCCNc3c(cc(C(N)=O)cc3[N+](=O)[O-])OC2)C1. The van der Waals surface area contributed by atoms with Gasteiger partial charge in [-0.1, -0.05) is 0 Å². The van der Waals surface area contributed by atoms with Crippen molar-refractivity contribution in [1.29, 1.82) is 0 Å². The van der Waals surface area contributed by atoms with E-state index in [0.29, 0.717) is 25.9 Å². The van der Waals surface area contributed by atoms with Crippen LogP contribution < -0.4 is 31.6 Å². The Morgan fingerprint density at radius 3 is 1.98 bits per heavy atom. The fraction of sp³-hybridized carbons (Fsp3) is 0.464. The van der Waals surface area contributed by atoms with Crippen LogP contribution in [0.25, 0.3) is 0 Å². The van der Waals surface area contributed by atoms with E-state index < -0.39 is 33.8 Å². The Morgan fingerprint density at radius 1 is 0.955 bits per heavy atom. The zero-order valence-electron chi connectivity index (χ0n) is 24.6. The number of hydrogen-bond acceptors (Lipinski definition) is 12. The predicted octanol–water partition coefficient (Wildman–Crippen LogP) is 3.50. The van der Waals surface area contributed by atoms with Crippen LogP contribution in [-0.4, -0.2) is 72.7 Å². The Balaban J connectivity index is 1.74. The minimum Gasteiger partial charge on any atom is -0.490 e. The highest BCUT2D eigenvalue weighted by atomic mass is 16.6. The molecule has 6 N–H and O–H groups in total. The molecule has 0 radical (unpaired) electrons. The van der Waals surface area contributed by atoms with Crippen LogP contribution in [-0.2, 0) is 4.74 Å². The van der Waals surface area contributed by atoms with Crippen molar-refractivity contribution in [3.8, 4) is 11.5 Å². The van der Waals surface area contributed by atoms with E-state index in [1.165, 1.54) is 23.1 Å². The number of anilines is 2. The summed E-state index contributed by atoms with van der Waals surface area (Å²) in [5, 5.41) is 21.2. The fourth-order valence-electron chi connectivity index (χ4n) is 4.87. The summed E-state index contributed by atoms with van der Waals surface area (Å²) in [6, 6.07) is 5.07. The lowest BCUT2D eigenvalue weighted by molar-refractivity contribution is -0.384. The molecule has 0 bridgehead atoms. The van der Waals surface area contributed by atoms with Gasteiger partial charge in [0.05, 0.1) is 10.3 Å². The van der Waals surface area contributed by atoms with Crippen LogP contribution >= 0.6 is 0 Å². The van der Waals surface area contributed by atoms with Crippen molar-refractivity contribution in [2.24, 2.45) is 22.1 Å². The summed E-state index contributed by atoms with van der Waals surface area (Å²) in [5.74, 6) is -1.49. The number of likely N-dealkylation sites (tertiary alicyclic amines) is 1. The third-order valence-electron chi connectivity index (χ3n) is 7.01. The number of benzene rings is 2. The Morgan fingerprint density at radius 2 is 1.48 bits per heavy atom. The van der Waals surface area contributed by atoms with Crippen molar-refractivity contribution >= 4 is 40.7 Å². The first-order valence-corrected chi connectivity index (χ1v) is 13.9. The third kappa shape index (κ3) is 7.25. The molecule has 4 rings (SSSR count). The molecule has 1 fully saturated rings. The molecule has 44 heavy (non-hydrogen) atoms. The van der Waals surface area contributed by atoms with Gasteiger partial charge < -0.3 is 41.2 Å². The zero-order valence-corrected chi connectivity index (χ0v) is 24.6. The minimum absolute atomic E-state index is 0.0109. The number of primary amides is 2. The van der Waals surface area contributed by atoms with E-state index in [1.807, 2.05) is 0 Å². The summed E-state index contributed by atoms with van der Waals surface area (Å²) in [6.45, 7) is 5.90. The predicted molar refractivity (Wildman–Crippen MR) is 159 cm³/mol. The molecule has 1 spiro atoms. The number of nitroso groups, excluding NO2 is 1. The summed E-state index contributed by atoms with van der Waals surface area (Å²) in [7, 11) is 0. The third-order valence-corrected chi connectivity index (χ3v) is 7.01. The number of ether oxygens (including phenoxy) is 3. The number of hydrogen-bond donors (Lipinski definition) is 4. The second-order valence-corrected chi connectivity index (χ2v) is 11.8. The molecule has 2 aliphatic heterocycles. The van der Waals surface area contributed by atoms with Gasteiger partial charge in [-0.05, 0) is 57.0 Å². The summed E-state index contributed by atoms with van der Waals surface area (Å²) in [6.07, 6.45) is 0.536. The van der Waals surface area contributed by atoms with Crippen molar-refractivity contribution in [1.82, 2.24) is 4.90 Å². The number of amides is 3. The summed E-state index contributed by atoms with van der Waals surface area (Å²) in [5.41, 5.74) is 9.07. The van der Waals surface area contributed by atoms with E-state index in [-0.39, 0.29) is 71.7 Å². The van der Waals surface area contributed by atoms with Gasteiger partial charge in [-0.3, -0.25) is 19.7 Å². The molecule has 3 amide bonds. The van der Waals surface area contributed by atoms with Crippen molar-refractivity contribution in [3.63, 3.8) is 0 Å². The van der Waals surface area contributed by atoms with Gasteiger partial charge in [-0.2, -0.15) is 0 Å². The van der Waals surface area contributed by atoms with Crippen molar-refractivity contribution in [2.45, 2.75) is 39.2 Å². The first-order chi connectivity index (χ1) is 20.7. The van der Waals surface area contributed by atoms with Crippen LogP contribution in [0.5, 0.6) is 11.5 Å². The van der Waals surface area contributed by atoms with Crippen molar-refractivity contribution in [3.05, 3.63) is 50.4 Å². The number of nitro groups is 1. The Kier molecular flexibility index (Phi) is 9.11. The maximum absolute atomic E-state index is 12.8. The molecule has 2 heterocycles. The molecule has 1 saturated heterocycles. The first-order valence-electron chi connectivity index (χ1n) is 13.9.